The minimum Gasteiger partial charge on any atom is -0.478 e. The van der Waals surface area contributed by atoms with Gasteiger partial charge in [-0.2, -0.15) is 0 Å². The molecule has 0 fully saturated rings. The first-order chi connectivity index (χ1) is 7.70. The first kappa shape index (κ1) is 12.2. The Hall–Kier alpha value is -1.83. The molecule has 0 aliphatic heterocycles. The maximum absolute atomic E-state index is 11.2. The Labute approximate surface area is 95.9 Å². The standard InChI is InChI=1S/C14H16O2/c1-3-5-9-13(14(15)16)12-10-7-6-8-11(12)4-2/h4,6-10H,2-3,5H2,1H3,(H,15,16)/b13-9-. The van der Waals surface area contributed by atoms with Gasteiger partial charge in [0, 0.05) is 0 Å². The van der Waals surface area contributed by atoms with Gasteiger partial charge in [0.15, 0.2) is 0 Å². The quantitative estimate of drug-likeness (QED) is 0.763. The summed E-state index contributed by atoms with van der Waals surface area (Å²) in [5.41, 5.74) is 1.95. The van der Waals surface area contributed by atoms with Crippen molar-refractivity contribution in [3.8, 4) is 0 Å². The molecule has 0 spiro atoms. The Balaban J connectivity index is 3.20. The van der Waals surface area contributed by atoms with Crippen LogP contribution in [0.3, 0.4) is 0 Å². The lowest BCUT2D eigenvalue weighted by molar-refractivity contribution is -0.130. The molecule has 16 heavy (non-hydrogen) atoms. The van der Waals surface area contributed by atoms with E-state index in [1.54, 1.807) is 12.2 Å². The molecule has 2 heteroatoms. The second kappa shape index (κ2) is 5.91. The van der Waals surface area contributed by atoms with E-state index in [1.165, 1.54) is 0 Å². The van der Waals surface area contributed by atoms with Gasteiger partial charge in [0.25, 0.3) is 0 Å². The number of carbonyl (C=O) groups is 1. The van der Waals surface area contributed by atoms with Crippen LogP contribution in [0, 0.1) is 0 Å². The van der Waals surface area contributed by atoms with Crippen molar-refractivity contribution in [2.45, 2.75) is 19.8 Å². The average molecular weight is 216 g/mol. The number of unbranched alkanes of at least 4 members (excludes halogenated alkanes) is 1. The molecule has 0 saturated carbocycles. The monoisotopic (exact) mass is 216 g/mol. The molecule has 0 aromatic heterocycles. The Morgan fingerprint density at radius 2 is 2.12 bits per heavy atom. The van der Waals surface area contributed by atoms with Crippen LogP contribution in [-0.2, 0) is 4.79 Å². The van der Waals surface area contributed by atoms with Crippen molar-refractivity contribution in [2.24, 2.45) is 0 Å². The molecule has 0 bridgehead atoms. The molecular weight excluding hydrogens is 200 g/mol. The summed E-state index contributed by atoms with van der Waals surface area (Å²) in [7, 11) is 0. The smallest absolute Gasteiger partial charge is 0.335 e. The van der Waals surface area contributed by atoms with Crippen molar-refractivity contribution in [3.05, 3.63) is 48.0 Å². The fraction of sp³-hybridized carbons (Fsp3) is 0.214. The van der Waals surface area contributed by atoms with Crippen molar-refractivity contribution < 1.29 is 9.90 Å². The molecular formula is C14H16O2. The minimum absolute atomic E-state index is 0.359. The Morgan fingerprint density at radius 3 is 2.69 bits per heavy atom. The molecule has 1 rings (SSSR count). The molecule has 0 radical (unpaired) electrons. The van der Waals surface area contributed by atoms with Gasteiger partial charge in [0.1, 0.15) is 0 Å². The van der Waals surface area contributed by atoms with Crippen LogP contribution >= 0.6 is 0 Å². The molecule has 0 unspecified atom stereocenters. The maximum Gasteiger partial charge on any atom is 0.335 e. The zero-order valence-corrected chi connectivity index (χ0v) is 9.44. The summed E-state index contributed by atoms with van der Waals surface area (Å²) in [6, 6.07) is 7.39. The first-order valence-electron chi connectivity index (χ1n) is 5.36. The number of aliphatic carboxylic acids is 1. The molecule has 84 valence electrons. The highest BCUT2D eigenvalue weighted by molar-refractivity contribution is 6.16. The van der Waals surface area contributed by atoms with Gasteiger partial charge in [-0.3, -0.25) is 0 Å². The summed E-state index contributed by atoms with van der Waals surface area (Å²) in [6.07, 6.45) is 5.16. The highest BCUT2D eigenvalue weighted by Gasteiger charge is 2.11. The lowest BCUT2D eigenvalue weighted by Crippen LogP contribution is -2.01. The van der Waals surface area contributed by atoms with E-state index in [0.29, 0.717) is 5.57 Å². The molecule has 0 amide bonds. The highest BCUT2D eigenvalue weighted by Crippen LogP contribution is 2.21. The number of carboxylic acid groups (broad SMARTS) is 1. The second-order valence-electron chi connectivity index (χ2n) is 3.50. The van der Waals surface area contributed by atoms with E-state index in [1.807, 2.05) is 31.2 Å². The van der Waals surface area contributed by atoms with Crippen LogP contribution in [0.1, 0.15) is 30.9 Å². The third-order valence-corrected chi connectivity index (χ3v) is 2.34. The molecule has 0 aliphatic carbocycles. The Bertz CT molecular complexity index is 416. The normalized spacial score (nSPS) is 11.2. The fourth-order valence-corrected chi connectivity index (χ4v) is 1.52. The van der Waals surface area contributed by atoms with Gasteiger partial charge in [0.05, 0.1) is 5.57 Å². The number of benzene rings is 1. The summed E-state index contributed by atoms with van der Waals surface area (Å²) >= 11 is 0. The molecule has 0 saturated heterocycles. The maximum atomic E-state index is 11.2. The summed E-state index contributed by atoms with van der Waals surface area (Å²) < 4.78 is 0. The zero-order chi connectivity index (χ0) is 12.0. The predicted molar refractivity (Wildman–Crippen MR) is 67.1 cm³/mol. The molecule has 1 aromatic rings. The molecule has 2 nitrogen and oxygen atoms in total. The van der Waals surface area contributed by atoms with E-state index in [9.17, 15) is 9.90 Å². The molecule has 0 atom stereocenters. The number of rotatable bonds is 5. The van der Waals surface area contributed by atoms with Crippen LogP contribution in [0.5, 0.6) is 0 Å². The van der Waals surface area contributed by atoms with Gasteiger partial charge < -0.3 is 5.11 Å². The van der Waals surface area contributed by atoms with Gasteiger partial charge in [-0.05, 0) is 17.5 Å². The van der Waals surface area contributed by atoms with Crippen molar-refractivity contribution in [2.75, 3.05) is 0 Å². The molecule has 1 aromatic carbocycles. The van der Waals surface area contributed by atoms with E-state index >= 15 is 0 Å². The van der Waals surface area contributed by atoms with Gasteiger partial charge in [0.2, 0.25) is 0 Å². The van der Waals surface area contributed by atoms with Gasteiger partial charge in [-0.15, -0.1) is 0 Å². The van der Waals surface area contributed by atoms with E-state index in [0.717, 1.165) is 24.0 Å². The van der Waals surface area contributed by atoms with Crippen molar-refractivity contribution in [1.82, 2.24) is 0 Å². The van der Waals surface area contributed by atoms with E-state index in [-0.39, 0.29) is 0 Å². The van der Waals surface area contributed by atoms with E-state index in [2.05, 4.69) is 6.58 Å². The summed E-state index contributed by atoms with van der Waals surface area (Å²) in [4.78, 5) is 11.2. The fourth-order valence-electron chi connectivity index (χ4n) is 1.52. The van der Waals surface area contributed by atoms with E-state index in [4.69, 9.17) is 0 Å². The SMILES string of the molecule is C=Cc1ccccc1/C(=C/CCC)C(=O)O. The van der Waals surface area contributed by atoms with Crippen LogP contribution in [0.15, 0.2) is 36.9 Å². The van der Waals surface area contributed by atoms with Gasteiger partial charge >= 0.3 is 5.97 Å². The van der Waals surface area contributed by atoms with Crippen LogP contribution in [0.2, 0.25) is 0 Å². The lowest BCUT2D eigenvalue weighted by atomic mass is 9.98. The average Bonchev–Trinajstić information content (AvgIpc) is 2.29. The van der Waals surface area contributed by atoms with Crippen LogP contribution < -0.4 is 0 Å². The van der Waals surface area contributed by atoms with Crippen molar-refractivity contribution in [1.29, 1.82) is 0 Å². The predicted octanol–water partition coefficient (Wildman–Crippen LogP) is 3.60. The number of hydrogen-bond donors (Lipinski definition) is 1. The Morgan fingerprint density at radius 1 is 1.44 bits per heavy atom. The second-order valence-corrected chi connectivity index (χ2v) is 3.50. The van der Waals surface area contributed by atoms with Crippen molar-refractivity contribution >= 4 is 17.6 Å². The number of hydrogen-bond acceptors (Lipinski definition) is 1. The Kier molecular flexibility index (Phi) is 4.52. The summed E-state index contributed by atoms with van der Waals surface area (Å²) in [5, 5.41) is 9.17. The molecule has 0 aliphatic rings. The van der Waals surface area contributed by atoms with Crippen LogP contribution in [0.25, 0.3) is 11.6 Å². The zero-order valence-electron chi connectivity index (χ0n) is 9.44. The number of allylic oxidation sites excluding steroid dienone is 1. The van der Waals surface area contributed by atoms with Crippen LogP contribution in [-0.4, -0.2) is 11.1 Å². The van der Waals surface area contributed by atoms with Crippen molar-refractivity contribution in [3.63, 3.8) is 0 Å². The minimum atomic E-state index is -0.886. The van der Waals surface area contributed by atoms with Crippen LogP contribution in [0.4, 0.5) is 0 Å². The molecule has 0 heterocycles. The largest absolute Gasteiger partial charge is 0.478 e. The van der Waals surface area contributed by atoms with E-state index < -0.39 is 5.97 Å². The number of carboxylic acids is 1. The van der Waals surface area contributed by atoms with Gasteiger partial charge in [-0.1, -0.05) is 56.3 Å². The first-order valence-corrected chi connectivity index (χ1v) is 5.36. The third-order valence-electron chi connectivity index (χ3n) is 2.34. The summed E-state index contributed by atoms with van der Waals surface area (Å²) in [6.45, 7) is 5.72. The highest BCUT2D eigenvalue weighted by atomic mass is 16.4. The topological polar surface area (TPSA) is 37.3 Å². The van der Waals surface area contributed by atoms with Gasteiger partial charge in [-0.25, -0.2) is 4.79 Å². The lowest BCUT2D eigenvalue weighted by Gasteiger charge is -2.06. The third kappa shape index (κ3) is 2.83. The molecule has 1 N–H and O–H groups in total. The summed E-state index contributed by atoms with van der Waals surface area (Å²) in [5.74, 6) is -0.886.